The molecule has 2 heterocycles. The number of nitrogens with zero attached hydrogens (tertiary/aromatic N) is 2. The lowest BCUT2D eigenvalue weighted by Gasteiger charge is -2.31. The highest BCUT2D eigenvalue weighted by molar-refractivity contribution is 7.92. The van der Waals surface area contributed by atoms with E-state index >= 15 is 0 Å². The van der Waals surface area contributed by atoms with E-state index in [-0.39, 0.29) is 11.0 Å². The zero-order chi connectivity index (χ0) is 11.8. The second kappa shape index (κ2) is 4.05. The van der Waals surface area contributed by atoms with Gasteiger partial charge in [0.2, 0.25) is 0 Å². The van der Waals surface area contributed by atoms with E-state index in [1.165, 1.54) is 0 Å². The minimum absolute atomic E-state index is 0.226. The molecule has 2 rings (SSSR count). The van der Waals surface area contributed by atoms with Crippen LogP contribution in [-0.4, -0.2) is 37.5 Å². The number of aromatic nitrogens is 1. The van der Waals surface area contributed by atoms with Crippen LogP contribution in [0.5, 0.6) is 0 Å². The predicted molar refractivity (Wildman–Crippen MR) is 64.4 cm³/mol. The summed E-state index contributed by atoms with van der Waals surface area (Å²) in [6.07, 6.45) is 0. The zero-order valence-corrected chi connectivity index (χ0v) is 10.4. The van der Waals surface area contributed by atoms with Crippen molar-refractivity contribution in [3.05, 3.63) is 23.9 Å². The molecule has 0 amide bonds. The van der Waals surface area contributed by atoms with Crippen LogP contribution < -0.4 is 4.90 Å². The number of sulfone groups is 1. The lowest BCUT2D eigenvalue weighted by molar-refractivity contribution is 0.568. The lowest BCUT2D eigenvalue weighted by Crippen LogP contribution is -2.45. The molecule has 1 unspecified atom stereocenters. The molecular weight excluding hydrogens is 224 g/mol. The molecule has 1 fully saturated rings. The van der Waals surface area contributed by atoms with E-state index in [1.54, 1.807) is 6.92 Å². The highest BCUT2D eigenvalue weighted by atomic mass is 32.2. The maximum atomic E-state index is 11.6. The van der Waals surface area contributed by atoms with Crippen molar-refractivity contribution in [1.29, 1.82) is 0 Å². The largest absolute Gasteiger partial charge is 0.354 e. The monoisotopic (exact) mass is 240 g/mol. The van der Waals surface area contributed by atoms with Crippen LogP contribution in [0.25, 0.3) is 0 Å². The van der Waals surface area contributed by atoms with Crippen LogP contribution in [0.15, 0.2) is 18.2 Å². The van der Waals surface area contributed by atoms with E-state index in [2.05, 4.69) is 4.98 Å². The molecule has 1 atom stereocenters. The first-order chi connectivity index (χ1) is 7.49. The summed E-state index contributed by atoms with van der Waals surface area (Å²) in [5.41, 5.74) is 0.957. The highest BCUT2D eigenvalue weighted by Crippen LogP contribution is 2.18. The van der Waals surface area contributed by atoms with Gasteiger partial charge in [0, 0.05) is 18.8 Å². The maximum absolute atomic E-state index is 11.6. The molecule has 0 radical (unpaired) electrons. The van der Waals surface area contributed by atoms with E-state index in [1.807, 2.05) is 30.0 Å². The van der Waals surface area contributed by atoms with Crippen LogP contribution in [0.3, 0.4) is 0 Å². The molecule has 0 N–H and O–H groups in total. The van der Waals surface area contributed by atoms with Crippen molar-refractivity contribution in [3.63, 3.8) is 0 Å². The van der Waals surface area contributed by atoms with Gasteiger partial charge in [-0.2, -0.15) is 0 Å². The third-order valence-electron chi connectivity index (χ3n) is 2.93. The Balaban J connectivity index is 2.20. The zero-order valence-electron chi connectivity index (χ0n) is 9.55. The van der Waals surface area contributed by atoms with E-state index < -0.39 is 9.84 Å². The topological polar surface area (TPSA) is 50.3 Å². The number of hydrogen-bond donors (Lipinski definition) is 0. The second-order valence-electron chi connectivity index (χ2n) is 4.26. The number of aryl methyl sites for hydroxylation is 1. The van der Waals surface area contributed by atoms with Crippen LogP contribution in [0.4, 0.5) is 5.82 Å². The Bertz CT molecular complexity index is 485. The smallest absolute Gasteiger partial charge is 0.156 e. The number of hydrogen-bond acceptors (Lipinski definition) is 4. The number of rotatable bonds is 1. The van der Waals surface area contributed by atoms with Crippen LogP contribution in [0, 0.1) is 6.92 Å². The molecule has 1 aromatic rings. The summed E-state index contributed by atoms with van der Waals surface area (Å²) in [6, 6.07) is 5.82. The SMILES string of the molecule is Cc1cccc(N2CCS(=O)(=O)C(C)C2)n1. The van der Waals surface area contributed by atoms with E-state index in [0.717, 1.165) is 11.5 Å². The minimum atomic E-state index is -2.88. The molecule has 1 saturated heterocycles. The van der Waals surface area contributed by atoms with Crippen molar-refractivity contribution in [3.8, 4) is 0 Å². The van der Waals surface area contributed by atoms with Gasteiger partial charge in [-0.15, -0.1) is 0 Å². The van der Waals surface area contributed by atoms with Gasteiger partial charge in [0.1, 0.15) is 5.82 Å². The fourth-order valence-electron chi connectivity index (χ4n) is 1.87. The van der Waals surface area contributed by atoms with Gasteiger partial charge in [-0.1, -0.05) is 6.07 Å². The maximum Gasteiger partial charge on any atom is 0.156 e. The van der Waals surface area contributed by atoms with Crippen LogP contribution in [0.2, 0.25) is 0 Å². The second-order valence-corrected chi connectivity index (χ2v) is 6.80. The molecule has 16 heavy (non-hydrogen) atoms. The Kier molecular flexibility index (Phi) is 2.88. The van der Waals surface area contributed by atoms with E-state index in [4.69, 9.17) is 0 Å². The molecule has 0 spiro atoms. The number of pyridine rings is 1. The Morgan fingerprint density at radius 3 is 2.81 bits per heavy atom. The van der Waals surface area contributed by atoms with Gasteiger partial charge >= 0.3 is 0 Å². The fourth-order valence-corrected chi connectivity index (χ4v) is 3.15. The third-order valence-corrected chi connectivity index (χ3v) is 5.06. The molecule has 0 saturated carbocycles. The summed E-state index contributed by atoms with van der Waals surface area (Å²) in [5, 5.41) is -0.302. The minimum Gasteiger partial charge on any atom is -0.354 e. The summed E-state index contributed by atoms with van der Waals surface area (Å²) in [6.45, 7) is 4.78. The summed E-state index contributed by atoms with van der Waals surface area (Å²) in [4.78, 5) is 6.45. The van der Waals surface area contributed by atoms with E-state index in [0.29, 0.717) is 13.1 Å². The highest BCUT2D eigenvalue weighted by Gasteiger charge is 2.29. The normalized spacial score (nSPS) is 24.4. The van der Waals surface area contributed by atoms with Gasteiger partial charge in [-0.05, 0) is 26.0 Å². The predicted octanol–water partition coefficient (Wildman–Crippen LogP) is 1.01. The molecule has 0 bridgehead atoms. The van der Waals surface area contributed by atoms with E-state index in [9.17, 15) is 8.42 Å². The Morgan fingerprint density at radius 1 is 1.44 bits per heavy atom. The lowest BCUT2D eigenvalue weighted by atomic mass is 10.3. The van der Waals surface area contributed by atoms with Gasteiger partial charge < -0.3 is 4.90 Å². The van der Waals surface area contributed by atoms with Crippen molar-refractivity contribution in [2.75, 3.05) is 23.7 Å². The van der Waals surface area contributed by atoms with Crippen LogP contribution in [0.1, 0.15) is 12.6 Å². The summed E-state index contributed by atoms with van der Waals surface area (Å²) < 4.78 is 23.2. The summed E-state index contributed by atoms with van der Waals surface area (Å²) in [5.74, 6) is 1.10. The molecule has 4 nitrogen and oxygen atoms in total. The summed E-state index contributed by atoms with van der Waals surface area (Å²) in [7, 11) is -2.88. The summed E-state index contributed by atoms with van der Waals surface area (Å²) >= 11 is 0. The number of anilines is 1. The molecule has 1 aromatic heterocycles. The molecule has 0 aromatic carbocycles. The van der Waals surface area contributed by atoms with Crippen LogP contribution >= 0.6 is 0 Å². The standard InChI is InChI=1S/C11H16N2O2S/c1-9-4-3-5-11(12-9)13-6-7-16(14,15)10(2)8-13/h3-5,10H,6-8H2,1-2H3. The van der Waals surface area contributed by atoms with Crippen molar-refractivity contribution in [2.24, 2.45) is 0 Å². The first kappa shape index (κ1) is 11.4. The first-order valence-corrected chi connectivity index (χ1v) is 7.11. The van der Waals surface area contributed by atoms with Crippen molar-refractivity contribution >= 4 is 15.7 Å². The molecule has 1 aliphatic rings. The molecule has 88 valence electrons. The van der Waals surface area contributed by atoms with Crippen molar-refractivity contribution < 1.29 is 8.42 Å². The Morgan fingerprint density at radius 2 is 2.19 bits per heavy atom. The van der Waals surface area contributed by atoms with Gasteiger partial charge in [0.25, 0.3) is 0 Å². The average molecular weight is 240 g/mol. The van der Waals surface area contributed by atoms with Crippen molar-refractivity contribution in [1.82, 2.24) is 4.98 Å². The van der Waals surface area contributed by atoms with Gasteiger partial charge in [-0.25, -0.2) is 13.4 Å². The fraction of sp³-hybridized carbons (Fsp3) is 0.545. The molecule has 5 heteroatoms. The third kappa shape index (κ3) is 2.19. The van der Waals surface area contributed by atoms with Gasteiger partial charge in [0.05, 0.1) is 11.0 Å². The molecule has 0 aliphatic carbocycles. The van der Waals surface area contributed by atoms with Gasteiger partial charge in [0.15, 0.2) is 9.84 Å². The quantitative estimate of drug-likeness (QED) is 0.735. The van der Waals surface area contributed by atoms with Crippen LogP contribution in [-0.2, 0) is 9.84 Å². The molecule has 1 aliphatic heterocycles. The molecular formula is C11H16N2O2S. The van der Waals surface area contributed by atoms with Crippen molar-refractivity contribution in [2.45, 2.75) is 19.1 Å². The average Bonchev–Trinajstić information content (AvgIpc) is 2.22. The Hall–Kier alpha value is -1.10. The van der Waals surface area contributed by atoms with Gasteiger partial charge in [-0.3, -0.25) is 0 Å². The Labute approximate surface area is 96.2 Å². The first-order valence-electron chi connectivity index (χ1n) is 5.39.